The van der Waals surface area contributed by atoms with E-state index in [1.54, 1.807) is 0 Å². The monoisotopic (exact) mass is 211 g/mol. The van der Waals surface area contributed by atoms with E-state index in [0.717, 1.165) is 18.8 Å². The lowest BCUT2D eigenvalue weighted by Crippen LogP contribution is -2.31. The second-order valence-electron chi connectivity index (χ2n) is 3.89. The summed E-state index contributed by atoms with van der Waals surface area (Å²) >= 11 is 0. The quantitative estimate of drug-likeness (QED) is 0.705. The second-order valence-corrected chi connectivity index (χ2v) is 3.89. The molecule has 3 heteroatoms. The van der Waals surface area contributed by atoms with Gasteiger partial charge in [-0.2, -0.15) is 0 Å². The molecule has 0 aliphatic carbocycles. The third kappa shape index (κ3) is 1.49. The molecule has 1 saturated heterocycles. The molecule has 76 valence electrons. The van der Waals surface area contributed by atoms with Gasteiger partial charge < -0.3 is 10.1 Å². The van der Waals surface area contributed by atoms with Crippen molar-refractivity contribution in [3.8, 4) is 5.75 Å². The van der Waals surface area contributed by atoms with Gasteiger partial charge in [0.1, 0.15) is 11.9 Å². The van der Waals surface area contributed by atoms with Gasteiger partial charge in [-0.1, -0.05) is 18.2 Å². The molecular weight excluding hydrogens is 198 g/mol. The number of hydrogen-bond donors (Lipinski definition) is 1. The van der Waals surface area contributed by atoms with E-state index in [1.165, 1.54) is 12.0 Å². The van der Waals surface area contributed by atoms with Crippen LogP contribution in [0.15, 0.2) is 24.3 Å². The Kier molecular flexibility index (Phi) is 2.66. The number of hydrogen-bond acceptors (Lipinski definition) is 2. The molecule has 0 radical (unpaired) electrons. The van der Waals surface area contributed by atoms with Gasteiger partial charge in [-0.05, 0) is 18.1 Å². The van der Waals surface area contributed by atoms with Gasteiger partial charge in [0.05, 0.1) is 0 Å². The molecule has 2 heterocycles. The Labute approximate surface area is 90.1 Å². The molecule has 1 N–H and O–H groups in total. The highest BCUT2D eigenvalue weighted by molar-refractivity contribution is 5.85. The van der Waals surface area contributed by atoms with Crippen molar-refractivity contribution in [1.29, 1.82) is 0 Å². The molecule has 1 aromatic rings. The highest BCUT2D eigenvalue weighted by atomic mass is 35.5. The molecule has 0 spiro atoms. The van der Waals surface area contributed by atoms with Gasteiger partial charge in [-0.25, -0.2) is 0 Å². The summed E-state index contributed by atoms with van der Waals surface area (Å²) in [6.07, 6.45) is 1.59. The molecule has 2 aliphatic heterocycles. The first-order valence-corrected chi connectivity index (χ1v) is 4.89. The number of halogens is 1. The first-order valence-electron chi connectivity index (χ1n) is 4.89. The minimum Gasteiger partial charge on any atom is -0.488 e. The van der Waals surface area contributed by atoms with Crippen molar-refractivity contribution in [3.63, 3.8) is 0 Å². The third-order valence-electron chi connectivity index (χ3n) is 3.01. The average molecular weight is 212 g/mol. The van der Waals surface area contributed by atoms with E-state index in [2.05, 4.69) is 23.5 Å². The average Bonchev–Trinajstić information content (AvgIpc) is 2.61. The van der Waals surface area contributed by atoms with Crippen LogP contribution in [0.4, 0.5) is 0 Å². The summed E-state index contributed by atoms with van der Waals surface area (Å²) in [6, 6.07) is 8.38. The summed E-state index contributed by atoms with van der Waals surface area (Å²) in [5.74, 6) is 1.78. The second kappa shape index (κ2) is 3.79. The lowest BCUT2D eigenvalue weighted by molar-refractivity contribution is 0.153. The summed E-state index contributed by atoms with van der Waals surface area (Å²) in [6.45, 7) is 2.12. The van der Waals surface area contributed by atoms with Crippen molar-refractivity contribution in [2.75, 3.05) is 13.1 Å². The SMILES string of the molecule is Cl.c1ccc2c(c1)C[C@@H]1CNC[C@H]1O2. The lowest BCUT2D eigenvalue weighted by atomic mass is 9.93. The summed E-state index contributed by atoms with van der Waals surface area (Å²) in [7, 11) is 0. The largest absolute Gasteiger partial charge is 0.488 e. The number of rotatable bonds is 0. The predicted octanol–water partition coefficient (Wildman–Crippen LogP) is 1.63. The Balaban J connectivity index is 0.000000750. The normalized spacial score (nSPS) is 28.3. The Bertz CT molecular complexity index is 298. The summed E-state index contributed by atoms with van der Waals surface area (Å²) in [5, 5.41) is 3.37. The lowest BCUT2D eigenvalue weighted by Gasteiger charge is -2.27. The minimum atomic E-state index is 0. The van der Waals surface area contributed by atoms with Crippen LogP contribution in [0.3, 0.4) is 0 Å². The summed E-state index contributed by atoms with van der Waals surface area (Å²) < 4.78 is 5.89. The number of para-hydroxylation sites is 1. The van der Waals surface area contributed by atoms with Crippen molar-refractivity contribution in [3.05, 3.63) is 29.8 Å². The molecule has 2 nitrogen and oxygen atoms in total. The highest BCUT2D eigenvalue weighted by Crippen LogP contribution is 2.31. The maximum atomic E-state index is 5.89. The van der Waals surface area contributed by atoms with Crippen LogP contribution in [0.2, 0.25) is 0 Å². The van der Waals surface area contributed by atoms with E-state index in [0.29, 0.717) is 12.0 Å². The Hall–Kier alpha value is -0.730. The molecule has 0 bridgehead atoms. The van der Waals surface area contributed by atoms with E-state index in [9.17, 15) is 0 Å². The van der Waals surface area contributed by atoms with E-state index < -0.39 is 0 Å². The van der Waals surface area contributed by atoms with Crippen molar-refractivity contribution < 1.29 is 4.74 Å². The smallest absolute Gasteiger partial charge is 0.123 e. The van der Waals surface area contributed by atoms with E-state index in [4.69, 9.17) is 4.74 Å². The number of fused-ring (bicyclic) bond motifs is 2. The maximum Gasteiger partial charge on any atom is 0.123 e. The van der Waals surface area contributed by atoms with Crippen LogP contribution in [0.1, 0.15) is 5.56 Å². The molecule has 0 unspecified atom stereocenters. The van der Waals surface area contributed by atoms with Gasteiger partial charge in [0, 0.05) is 19.0 Å². The number of ether oxygens (including phenoxy) is 1. The van der Waals surface area contributed by atoms with E-state index >= 15 is 0 Å². The minimum absolute atomic E-state index is 0. The van der Waals surface area contributed by atoms with Crippen LogP contribution in [0, 0.1) is 5.92 Å². The summed E-state index contributed by atoms with van der Waals surface area (Å²) in [4.78, 5) is 0. The van der Waals surface area contributed by atoms with Gasteiger partial charge in [-0.15, -0.1) is 12.4 Å². The standard InChI is InChI=1S/C11H13NO.ClH/c1-2-4-10-8(3-1)5-9-6-12-7-11(9)13-10;/h1-4,9,11-12H,5-7H2;1H/t9-,11-;/m1./s1. The number of benzene rings is 1. The third-order valence-corrected chi connectivity index (χ3v) is 3.01. The van der Waals surface area contributed by atoms with E-state index in [1.807, 2.05) is 6.07 Å². The van der Waals surface area contributed by atoms with Gasteiger partial charge in [0.15, 0.2) is 0 Å². The zero-order valence-electron chi connectivity index (χ0n) is 7.90. The first kappa shape index (κ1) is 9.81. The Morgan fingerprint density at radius 3 is 3.00 bits per heavy atom. The van der Waals surface area contributed by atoms with E-state index in [-0.39, 0.29) is 12.4 Å². The fraction of sp³-hybridized carbons (Fsp3) is 0.455. The highest BCUT2D eigenvalue weighted by Gasteiger charge is 2.33. The van der Waals surface area contributed by atoms with Gasteiger partial charge in [0.2, 0.25) is 0 Å². The van der Waals surface area contributed by atoms with Gasteiger partial charge in [0.25, 0.3) is 0 Å². The Morgan fingerprint density at radius 2 is 2.07 bits per heavy atom. The van der Waals surface area contributed by atoms with Crippen molar-refractivity contribution >= 4 is 12.4 Å². The fourth-order valence-electron chi connectivity index (χ4n) is 2.28. The van der Waals surface area contributed by atoms with Crippen LogP contribution >= 0.6 is 12.4 Å². The molecule has 14 heavy (non-hydrogen) atoms. The van der Waals surface area contributed by atoms with Crippen molar-refractivity contribution in [1.82, 2.24) is 5.32 Å². The molecule has 2 atom stereocenters. The topological polar surface area (TPSA) is 21.3 Å². The number of nitrogens with one attached hydrogen (secondary N) is 1. The van der Waals surface area contributed by atoms with Crippen LogP contribution in [0.5, 0.6) is 5.75 Å². The van der Waals surface area contributed by atoms with Crippen molar-refractivity contribution in [2.45, 2.75) is 12.5 Å². The molecule has 1 fully saturated rings. The first-order chi connectivity index (χ1) is 6.43. The van der Waals surface area contributed by atoms with Crippen molar-refractivity contribution in [2.24, 2.45) is 5.92 Å². The molecule has 2 aliphatic rings. The van der Waals surface area contributed by atoms with Crippen LogP contribution in [0.25, 0.3) is 0 Å². The zero-order valence-corrected chi connectivity index (χ0v) is 8.72. The predicted molar refractivity (Wildman–Crippen MR) is 58.2 cm³/mol. The molecule has 3 rings (SSSR count). The summed E-state index contributed by atoms with van der Waals surface area (Å²) in [5.41, 5.74) is 1.37. The molecule has 0 saturated carbocycles. The van der Waals surface area contributed by atoms with Crippen LogP contribution in [-0.2, 0) is 6.42 Å². The Morgan fingerprint density at radius 1 is 1.21 bits per heavy atom. The zero-order chi connectivity index (χ0) is 8.67. The van der Waals surface area contributed by atoms with Gasteiger partial charge in [-0.3, -0.25) is 0 Å². The van der Waals surface area contributed by atoms with Gasteiger partial charge >= 0.3 is 0 Å². The molecular formula is C11H14ClNO. The van der Waals surface area contributed by atoms with Crippen LogP contribution < -0.4 is 10.1 Å². The molecule has 0 aromatic heterocycles. The molecule has 1 aromatic carbocycles. The fourth-order valence-corrected chi connectivity index (χ4v) is 2.28. The maximum absolute atomic E-state index is 5.89. The molecule has 0 amide bonds. The van der Waals surface area contributed by atoms with Crippen LogP contribution in [-0.4, -0.2) is 19.2 Å².